The molecule has 0 fully saturated rings. The SMILES string of the molecule is CCCC(CBr)CSc1cc(C)nn1C. The first-order valence-corrected chi connectivity index (χ1v) is 7.47. The largest absolute Gasteiger partial charge is 0.262 e. The van der Waals surface area contributed by atoms with E-state index < -0.39 is 0 Å². The molecule has 0 aliphatic carbocycles. The maximum Gasteiger partial charge on any atom is 0.0939 e. The van der Waals surface area contributed by atoms with Crippen molar-refractivity contribution in [3.63, 3.8) is 0 Å². The van der Waals surface area contributed by atoms with E-state index in [0.717, 1.165) is 16.9 Å². The van der Waals surface area contributed by atoms with E-state index in [-0.39, 0.29) is 0 Å². The maximum atomic E-state index is 4.34. The zero-order chi connectivity index (χ0) is 11.3. The first kappa shape index (κ1) is 13.1. The highest BCUT2D eigenvalue weighted by Gasteiger charge is 2.09. The molecule has 86 valence electrons. The van der Waals surface area contributed by atoms with Crippen molar-refractivity contribution in [3.8, 4) is 0 Å². The van der Waals surface area contributed by atoms with Crippen LogP contribution < -0.4 is 0 Å². The summed E-state index contributed by atoms with van der Waals surface area (Å²) in [6, 6.07) is 2.15. The third kappa shape index (κ3) is 4.19. The van der Waals surface area contributed by atoms with Crippen molar-refractivity contribution in [2.45, 2.75) is 31.7 Å². The molecule has 4 heteroatoms. The second-order valence-electron chi connectivity index (χ2n) is 3.87. The minimum atomic E-state index is 0.773. The summed E-state index contributed by atoms with van der Waals surface area (Å²) >= 11 is 5.49. The van der Waals surface area contributed by atoms with E-state index in [1.165, 1.54) is 23.6 Å². The molecule has 0 N–H and O–H groups in total. The maximum absolute atomic E-state index is 4.34. The number of nitrogens with zero attached hydrogens (tertiary/aromatic N) is 2. The minimum Gasteiger partial charge on any atom is -0.262 e. The summed E-state index contributed by atoms with van der Waals surface area (Å²) in [5.41, 5.74) is 1.10. The number of thioether (sulfide) groups is 1. The molecule has 1 atom stereocenters. The molecule has 1 aromatic heterocycles. The molecule has 2 nitrogen and oxygen atoms in total. The van der Waals surface area contributed by atoms with Crippen LogP contribution in [0.4, 0.5) is 0 Å². The van der Waals surface area contributed by atoms with E-state index in [4.69, 9.17) is 0 Å². The standard InChI is InChI=1S/C11H19BrN2S/c1-4-5-10(7-12)8-15-11-6-9(2)13-14(11)3/h6,10H,4-5,7-8H2,1-3H3. The number of aryl methyl sites for hydroxylation is 2. The summed E-state index contributed by atoms with van der Waals surface area (Å²) in [5, 5.41) is 6.72. The molecule has 1 aromatic rings. The Morgan fingerprint density at radius 1 is 1.60 bits per heavy atom. The Balaban J connectivity index is 2.44. The third-order valence-electron chi connectivity index (χ3n) is 2.34. The zero-order valence-corrected chi connectivity index (χ0v) is 12.1. The summed E-state index contributed by atoms with van der Waals surface area (Å²) in [5.74, 6) is 1.95. The molecule has 0 aromatic carbocycles. The normalized spacial score (nSPS) is 13.1. The van der Waals surface area contributed by atoms with E-state index in [0.29, 0.717) is 0 Å². The molecular weight excluding hydrogens is 272 g/mol. The Labute approximate surface area is 105 Å². The Morgan fingerprint density at radius 3 is 2.80 bits per heavy atom. The van der Waals surface area contributed by atoms with Gasteiger partial charge in [0.15, 0.2) is 0 Å². The van der Waals surface area contributed by atoms with E-state index in [2.05, 4.69) is 34.0 Å². The lowest BCUT2D eigenvalue weighted by Crippen LogP contribution is -2.05. The third-order valence-corrected chi connectivity index (χ3v) is 4.57. The highest BCUT2D eigenvalue weighted by molar-refractivity contribution is 9.09. The van der Waals surface area contributed by atoms with Crippen LogP contribution in [-0.4, -0.2) is 20.9 Å². The predicted octanol–water partition coefficient (Wildman–Crippen LogP) is 3.63. The minimum absolute atomic E-state index is 0.773. The van der Waals surface area contributed by atoms with Crippen LogP contribution in [0.3, 0.4) is 0 Å². The number of halogens is 1. The average molecular weight is 291 g/mol. The van der Waals surface area contributed by atoms with Gasteiger partial charge in [0.1, 0.15) is 0 Å². The number of hydrogen-bond acceptors (Lipinski definition) is 2. The fourth-order valence-corrected chi connectivity index (χ4v) is 3.57. The van der Waals surface area contributed by atoms with E-state index >= 15 is 0 Å². The van der Waals surface area contributed by atoms with Crippen LogP contribution in [0, 0.1) is 12.8 Å². The van der Waals surface area contributed by atoms with Gasteiger partial charge in [0.05, 0.1) is 10.7 Å². The summed E-state index contributed by atoms with van der Waals surface area (Å²) in [7, 11) is 2.01. The van der Waals surface area contributed by atoms with Gasteiger partial charge in [0, 0.05) is 18.1 Å². The van der Waals surface area contributed by atoms with Gasteiger partial charge in [-0.3, -0.25) is 4.68 Å². The monoisotopic (exact) mass is 290 g/mol. The molecule has 0 aliphatic heterocycles. The Hall–Kier alpha value is 0.0400. The first-order chi connectivity index (χ1) is 7.17. The average Bonchev–Trinajstić information content (AvgIpc) is 2.52. The molecule has 0 aliphatic rings. The van der Waals surface area contributed by atoms with Gasteiger partial charge in [-0.05, 0) is 25.3 Å². The Kier molecular flexibility index (Phi) is 5.75. The lowest BCUT2D eigenvalue weighted by Gasteiger charge is -2.11. The van der Waals surface area contributed by atoms with Crippen LogP contribution in [-0.2, 0) is 7.05 Å². The van der Waals surface area contributed by atoms with Gasteiger partial charge >= 0.3 is 0 Å². The van der Waals surface area contributed by atoms with Crippen LogP contribution in [0.25, 0.3) is 0 Å². The molecule has 0 saturated heterocycles. The van der Waals surface area contributed by atoms with E-state index in [9.17, 15) is 0 Å². The van der Waals surface area contributed by atoms with Crippen molar-refractivity contribution in [1.29, 1.82) is 0 Å². The van der Waals surface area contributed by atoms with Gasteiger partial charge in [-0.1, -0.05) is 29.3 Å². The summed E-state index contributed by atoms with van der Waals surface area (Å²) in [6.45, 7) is 4.28. The van der Waals surface area contributed by atoms with Crippen molar-refractivity contribution in [1.82, 2.24) is 9.78 Å². The molecule has 1 unspecified atom stereocenters. The molecule has 15 heavy (non-hydrogen) atoms. The van der Waals surface area contributed by atoms with Crippen molar-refractivity contribution in [3.05, 3.63) is 11.8 Å². The van der Waals surface area contributed by atoms with Crippen LogP contribution in [0.15, 0.2) is 11.1 Å². The second-order valence-corrected chi connectivity index (χ2v) is 5.56. The fourth-order valence-electron chi connectivity index (χ4n) is 1.54. The number of alkyl halides is 1. The van der Waals surface area contributed by atoms with Gasteiger partial charge in [-0.2, -0.15) is 5.10 Å². The van der Waals surface area contributed by atoms with Gasteiger partial charge in [0.25, 0.3) is 0 Å². The summed E-state index contributed by atoms with van der Waals surface area (Å²) in [6.07, 6.45) is 2.57. The quantitative estimate of drug-likeness (QED) is 0.588. The lowest BCUT2D eigenvalue weighted by atomic mass is 10.1. The molecule has 0 saturated carbocycles. The molecule has 0 radical (unpaired) electrons. The summed E-state index contributed by atoms with van der Waals surface area (Å²) < 4.78 is 1.97. The van der Waals surface area contributed by atoms with Crippen molar-refractivity contribution < 1.29 is 0 Å². The Bertz CT molecular complexity index is 299. The molecule has 0 bridgehead atoms. The number of aromatic nitrogens is 2. The highest BCUT2D eigenvalue weighted by Crippen LogP contribution is 2.24. The fraction of sp³-hybridized carbons (Fsp3) is 0.727. The van der Waals surface area contributed by atoms with Crippen molar-refractivity contribution in [2.24, 2.45) is 13.0 Å². The number of hydrogen-bond donors (Lipinski definition) is 0. The summed E-state index contributed by atoms with van der Waals surface area (Å²) in [4.78, 5) is 0. The number of rotatable bonds is 6. The lowest BCUT2D eigenvalue weighted by molar-refractivity contribution is 0.596. The van der Waals surface area contributed by atoms with Gasteiger partial charge in [-0.25, -0.2) is 0 Å². The second kappa shape index (κ2) is 6.59. The van der Waals surface area contributed by atoms with Crippen LogP contribution in [0.5, 0.6) is 0 Å². The van der Waals surface area contributed by atoms with Gasteiger partial charge in [0.2, 0.25) is 0 Å². The predicted molar refractivity (Wildman–Crippen MR) is 70.9 cm³/mol. The molecule has 1 rings (SSSR count). The molecule has 0 spiro atoms. The van der Waals surface area contributed by atoms with Crippen molar-refractivity contribution >= 4 is 27.7 Å². The van der Waals surface area contributed by atoms with E-state index in [1.807, 2.05) is 30.4 Å². The van der Waals surface area contributed by atoms with Gasteiger partial charge in [-0.15, -0.1) is 11.8 Å². The van der Waals surface area contributed by atoms with Crippen molar-refractivity contribution in [2.75, 3.05) is 11.1 Å². The van der Waals surface area contributed by atoms with Gasteiger partial charge < -0.3 is 0 Å². The molecule has 1 heterocycles. The topological polar surface area (TPSA) is 17.8 Å². The Morgan fingerprint density at radius 2 is 2.33 bits per heavy atom. The van der Waals surface area contributed by atoms with E-state index in [1.54, 1.807) is 0 Å². The first-order valence-electron chi connectivity index (χ1n) is 5.36. The van der Waals surface area contributed by atoms with Crippen LogP contribution in [0.1, 0.15) is 25.5 Å². The molecule has 0 amide bonds. The molecular formula is C11H19BrN2S. The zero-order valence-electron chi connectivity index (χ0n) is 9.66. The smallest absolute Gasteiger partial charge is 0.0939 e. The van der Waals surface area contributed by atoms with Crippen LogP contribution >= 0.6 is 27.7 Å². The highest BCUT2D eigenvalue weighted by atomic mass is 79.9. The van der Waals surface area contributed by atoms with Crippen LogP contribution in [0.2, 0.25) is 0 Å².